The Morgan fingerprint density at radius 2 is 1.73 bits per heavy atom. The van der Waals surface area contributed by atoms with Crippen molar-refractivity contribution in [2.45, 2.75) is 56.6 Å². The minimum atomic E-state index is -4.51. The number of nitrogens with one attached hydrogen (secondary N) is 1. The topological polar surface area (TPSA) is 86.3 Å². The molecule has 1 N–H and O–H groups in total. The second-order valence-electron chi connectivity index (χ2n) is 7.59. The summed E-state index contributed by atoms with van der Waals surface area (Å²) in [5.41, 5.74) is -0.772. The van der Waals surface area contributed by atoms with Crippen LogP contribution in [0.25, 0.3) is 0 Å². The van der Waals surface area contributed by atoms with Crippen molar-refractivity contribution in [1.82, 2.24) is 4.72 Å². The molecule has 0 bridgehead atoms. The summed E-state index contributed by atoms with van der Waals surface area (Å²) in [7, 11) is -4.51. The maximum atomic E-state index is 13.8. The third-order valence-electron chi connectivity index (χ3n) is 5.00. The van der Waals surface area contributed by atoms with Crippen molar-refractivity contribution >= 4 is 16.1 Å². The molecule has 1 aliphatic rings. The molecule has 0 spiro atoms. The third-order valence-corrected chi connectivity index (χ3v) is 6.53. The second kappa shape index (κ2) is 6.50. The molecule has 146 valence electrons. The van der Waals surface area contributed by atoms with E-state index in [0.717, 1.165) is 0 Å². The predicted octanol–water partition coefficient (Wildman–Crippen LogP) is 1.50. The van der Waals surface area contributed by atoms with Gasteiger partial charge in [-0.15, -0.1) is 0 Å². The molecule has 1 aromatic carbocycles. The fourth-order valence-electron chi connectivity index (χ4n) is 3.74. The molecule has 1 fully saturated rings. The van der Waals surface area contributed by atoms with Crippen LogP contribution in [0.15, 0.2) is 17.0 Å². The highest BCUT2D eigenvalue weighted by Crippen LogP contribution is 2.37. The molecule has 1 amide bonds. The number of carboxylic acid groups (broad SMARTS) is 1. The van der Waals surface area contributed by atoms with Crippen LogP contribution in [0, 0.1) is 17.5 Å². The van der Waals surface area contributed by atoms with Crippen molar-refractivity contribution in [3.63, 3.8) is 0 Å². The van der Waals surface area contributed by atoms with Gasteiger partial charge in [-0.2, -0.15) is 0 Å². The summed E-state index contributed by atoms with van der Waals surface area (Å²) in [6, 6.07) is -0.893. The third kappa shape index (κ3) is 3.33. The molecule has 26 heavy (non-hydrogen) atoms. The fraction of sp³-hybridized carbons (Fsp3) is 0.562. The van der Waals surface area contributed by atoms with Gasteiger partial charge in [0.25, 0.3) is 6.09 Å². The van der Waals surface area contributed by atoms with Crippen molar-refractivity contribution in [3.8, 4) is 0 Å². The molecular formula is C16H21F3N2O4S. The molecule has 3 atom stereocenters. The lowest BCUT2D eigenvalue weighted by molar-refractivity contribution is -0.928. The molecule has 1 aliphatic heterocycles. The van der Waals surface area contributed by atoms with Gasteiger partial charge in [0.15, 0.2) is 11.6 Å². The Bertz CT molecular complexity index is 839. The van der Waals surface area contributed by atoms with Crippen LogP contribution in [0.4, 0.5) is 18.0 Å². The normalized spacial score (nSPS) is 26.9. The number of likely N-dealkylation sites (tertiary alicyclic amines) is 1. The number of carbonyl (C=O) groups excluding carboxylic acids is 1. The Kier molecular flexibility index (Phi) is 5.17. The van der Waals surface area contributed by atoms with Crippen LogP contribution in [0.5, 0.6) is 0 Å². The molecular weight excluding hydrogens is 373 g/mol. The van der Waals surface area contributed by atoms with Crippen molar-refractivity contribution in [2.75, 3.05) is 6.54 Å². The standard InChI is InChI=1S/C16H21F3N2O4S/c1-9-5-10(8-21(9,15(22)23)16(2,3)4)20-26(24,25)14-7-12(18)11(17)6-13(14)19/h6-7,9-10,20H,5,8H2,1-4H3/t9-,10+,21?/m0/s1. The largest absolute Gasteiger partial charge is 0.498 e. The van der Waals surface area contributed by atoms with Crippen LogP contribution >= 0.6 is 0 Å². The zero-order valence-electron chi connectivity index (χ0n) is 14.8. The van der Waals surface area contributed by atoms with Crippen LogP contribution in [0.1, 0.15) is 34.1 Å². The number of hydrogen-bond acceptors (Lipinski definition) is 4. The fourth-order valence-corrected chi connectivity index (χ4v) is 5.05. The van der Waals surface area contributed by atoms with Gasteiger partial charge in [-0.25, -0.2) is 26.3 Å². The van der Waals surface area contributed by atoms with Crippen molar-refractivity contribution < 1.29 is 36.0 Å². The summed E-state index contributed by atoms with van der Waals surface area (Å²) in [6.07, 6.45) is -1.18. The van der Waals surface area contributed by atoms with Crippen LogP contribution in [0.2, 0.25) is 0 Å². The molecule has 0 aromatic heterocycles. The summed E-state index contributed by atoms with van der Waals surface area (Å²) in [4.78, 5) is 10.8. The SMILES string of the molecule is C[C@H]1C[C@@H](NS(=O)(=O)c2cc(F)c(F)cc2F)C[N+]1(C(=O)[O-])C(C)(C)C. The van der Waals surface area contributed by atoms with Crippen molar-refractivity contribution in [3.05, 3.63) is 29.6 Å². The van der Waals surface area contributed by atoms with E-state index in [0.29, 0.717) is 0 Å². The van der Waals surface area contributed by atoms with E-state index in [9.17, 15) is 31.5 Å². The van der Waals surface area contributed by atoms with Gasteiger partial charge >= 0.3 is 0 Å². The first-order valence-corrected chi connectivity index (χ1v) is 9.47. The molecule has 1 aromatic rings. The van der Waals surface area contributed by atoms with Gasteiger partial charge in [-0.1, -0.05) is 0 Å². The van der Waals surface area contributed by atoms with Gasteiger partial charge in [0.1, 0.15) is 17.3 Å². The van der Waals surface area contributed by atoms with Gasteiger partial charge in [0.05, 0.1) is 17.6 Å². The highest BCUT2D eigenvalue weighted by atomic mass is 32.2. The van der Waals surface area contributed by atoms with E-state index >= 15 is 0 Å². The van der Waals surface area contributed by atoms with Gasteiger partial charge in [0.2, 0.25) is 10.0 Å². The first-order chi connectivity index (χ1) is 11.7. The molecule has 10 heteroatoms. The quantitative estimate of drug-likeness (QED) is 0.622. The maximum Gasteiger partial charge on any atom is 0.258 e. The summed E-state index contributed by atoms with van der Waals surface area (Å²) < 4.78 is 66.7. The molecule has 6 nitrogen and oxygen atoms in total. The Hall–Kier alpha value is -1.65. The highest BCUT2D eigenvalue weighted by Gasteiger charge is 2.54. The number of quaternary nitrogens is 1. The number of carbonyl (C=O) groups is 1. The van der Waals surface area contributed by atoms with E-state index in [1.54, 1.807) is 27.7 Å². The van der Waals surface area contributed by atoms with E-state index in [-0.39, 0.29) is 25.1 Å². The number of sulfonamides is 1. The van der Waals surface area contributed by atoms with E-state index in [1.807, 2.05) is 0 Å². The van der Waals surface area contributed by atoms with Crippen LogP contribution < -0.4 is 9.83 Å². The number of nitrogens with zero attached hydrogens (tertiary/aromatic N) is 1. The van der Waals surface area contributed by atoms with E-state index in [4.69, 9.17) is 0 Å². The Balaban J connectivity index is 2.35. The second-order valence-corrected chi connectivity index (χ2v) is 9.27. The number of benzene rings is 1. The summed E-state index contributed by atoms with van der Waals surface area (Å²) in [5, 5.41) is 11.8. The Morgan fingerprint density at radius 1 is 1.19 bits per heavy atom. The van der Waals surface area contributed by atoms with Crippen molar-refractivity contribution in [2.24, 2.45) is 0 Å². The smallest absolute Gasteiger partial charge is 0.258 e. The highest BCUT2D eigenvalue weighted by molar-refractivity contribution is 7.89. The monoisotopic (exact) mass is 394 g/mol. The van der Waals surface area contributed by atoms with Gasteiger partial charge in [-0.3, -0.25) is 4.48 Å². The Labute approximate surface area is 150 Å². The van der Waals surface area contributed by atoms with Crippen LogP contribution in [-0.4, -0.2) is 43.2 Å². The number of amides is 1. The van der Waals surface area contributed by atoms with E-state index in [2.05, 4.69) is 4.72 Å². The van der Waals surface area contributed by atoms with Crippen LogP contribution in [-0.2, 0) is 10.0 Å². The zero-order valence-corrected chi connectivity index (χ0v) is 15.7. The molecule has 1 saturated heterocycles. The molecule has 0 saturated carbocycles. The average molecular weight is 394 g/mol. The van der Waals surface area contributed by atoms with E-state index < -0.39 is 60.6 Å². The minimum Gasteiger partial charge on any atom is -0.498 e. The van der Waals surface area contributed by atoms with Gasteiger partial charge in [0, 0.05) is 12.5 Å². The number of hydrogen-bond donors (Lipinski definition) is 1. The van der Waals surface area contributed by atoms with Crippen molar-refractivity contribution in [1.29, 1.82) is 0 Å². The summed E-state index contributed by atoms with van der Waals surface area (Å²) in [6.45, 7) is 6.65. The van der Waals surface area contributed by atoms with Gasteiger partial charge in [-0.05, 0) is 33.8 Å². The zero-order chi connectivity index (χ0) is 20.1. The maximum absolute atomic E-state index is 13.8. The average Bonchev–Trinajstić information content (AvgIpc) is 2.79. The molecule has 2 rings (SSSR count). The first-order valence-electron chi connectivity index (χ1n) is 7.98. The molecule has 1 heterocycles. The molecule has 0 radical (unpaired) electrons. The lowest BCUT2D eigenvalue weighted by Gasteiger charge is -2.48. The van der Waals surface area contributed by atoms with E-state index in [1.165, 1.54) is 0 Å². The number of rotatable bonds is 3. The first kappa shape index (κ1) is 20.7. The minimum absolute atomic E-state index is 0.114. The van der Waals surface area contributed by atoms with Crippen LogP contribution in [0.3, 0.4) is 0 Å². The number of halogens is 3. The molecule has 0 aliphatic carbocycles. The van der Waals surface area contributed by atoms with Gasteiger partial charge < -0.3 is 9.90 Å². The predicted molar refractivity (Wildman–Crippen MR) is 84.8 cm³/mol. The summed E-state index contributed by atoms with van der Waals surface area (Å²) >= 11 is 0. The summed E-state index contributed by atoms with van der Waals surface area (Å²) in [5.74, 6) is -4.43. The Morgan fingerprint density at radius 3 is 2.19 bits per heavy atom. The lowest BCUT2D eigenvalue weighted by atomic mass is 10.0. The lowest BCUT2D eigenvalue weighted by Crippen LogP contribution is -2.69. The molecule has 1 unspecified atom stereocenters.